The molecule has 3 N–H and O–H groups in total. The molecule has 2 aliphatic rings. The topological polar surface area (TPSA) is 206 Å². The van der Waals surface area contributed by atoms with Crippen LogP contribution < -0.4 is 16.0 Å². The van der Waals surface area contributed by atoms with Gasteiger partial charge in [-0.15, -0.1) is 0 Å². The second-order valence-electron chi connectivity index (χ2n) is 13.1. The fourth-order valence-electron chi connectivity index (χ4n) is 5.24. The monoisotopic (exact) mass is 750 g/mol. The molecule has 1 fully saturated rings. The molecule has 6 amide bonds. The second-order valence-corrected chi connectivity index (χ2v) is 13.1. The van der Waals surface area contributed by atoms with E-state index in [-0.39, 0.29) is 42.0 Å². The number of piperidine rings is 1. The van der Waals surface area contributed by atoms with Gasteiger partial charge in [0.15, 0.2) is 0 Å². The van der Waals surface area contributed by atoms with Crippen LogP contribution in [-0.4, -0.2) is 138 Å². The summed E-state index contributed by atoms with van der Waals surface area (Å²) < 4.78 is 38.0. The second kappa shape index (κ2) is 23.6. The van der Waals surface area contributed by atoms with Crippen LogP contribution in [0.3, 0.4) is 0 Å². The summed E-state index contributed by atoms with van der Waals surface area (Å²) >= 11 is 0. The van der Waals surface area contributed by atoms with Crippen LogP contribution in [0.4, 0.5) is 10.5 Å². The van der Waals surface area contributed by atoms with Gasteiger partial charge in [-0.2, -0.15) is 0 Å². The van der Waals surface area contributed by atoms with Gasteiger partial charge >= 0.3 is 6.09 Å². The van der Waals surface area contributed by atoms with E-state index in [2.05, 4.69) is 16.0 Å². The summed E-state index contributed by atoms with van der Waals surface area (Å²) in [5.41, 5.74) is -0.156. The van der Waals surface area contributed by atoms with Gasteiger partial charge in [0.05, 0.1) is 89.5 Å². The molecule has 0 aliphatic carbocycles. The molecule has 2 heterocycles. The van der Waals surface area contributed by atoms with Gasteiger partial charge < -0.3 is 43.8 Å². The van der Waals surface area contributed by atoms with E-state index in [9.17, 15) is 28.8 Å². The Morgan fingerprint density at radius 2 is 1.32 bits per heavy atom. The maximum Gasteiger partial charge on any atom is 0.407 e. The molecule has 0 radical (unpaired) electrons. The Labute approximate surface area is 310 Å². The van der Waals surface area contributed by atoms with Crippen LogP contribution in [0.15, 0.2) is 18.2 Å². The van der Waals surface area contributed by atoms with Crippen LogP contribution in [0.2, 0.25) is 0 Å². The minimum Gasteiger partial charge on any atom is -0.444 e. The van der Waals surface area contributed by atoms with Crippen molar-refractivity contribution in [3.05, 3.63) is 29.3 Å². The first-order valence-corrected chi connectivity index (χ1v) is 18.1. The molecule has 1 aromatic carbocycles. The maximum atomic E-state index is 13.2. The average molecular weight is 751 g/mol. The summed E-state index contributed by atoms with van der Waals surface area (Å²) in [7, 11) is 0. The lowest BCUT2D eigenvalue weighted by Crippen LogP contribution is -2.54. The Bertz CT molecular complexity index is 1370. The van der Waals surface area contributed by atoms with Crippen molar-refractivity contribution in [2.75, 3.05) is 91.1 Å². The minimum absolute atomic E-state index is 0.0268. The number of nitrogens with zero attached hydrogens (tertiary/aromatic N) is 1. The van der Waals surface area contributed by atoms with Crippen molar-refractivity contribution in [3.8, 4) is 0 Å². The number of carbonyl (C=O) groups is 6. The molecule has 0 saturated carbocycles. The van der Waals surface area contributed by atoms with Crippen molar-refractivity contribution < 1.29 is 61.9 Å². The van der Waals surface area contributed by atoms with Crippen molar-refractivity contribution in [1.29, 1.82) is 0 Å². The van der Waals surface area contributed by atoms with Gasteiger partial charge in [-0.25, -0.2) is 4.79 Å². The molecule has 17 heteroatoms. The number of rotatable bonds is 26. The molecular formula is C36H54N4O13. The highest BCUT2D eigenvalue weighted by Gasteiger charge is 2.45. The lowest BCUT2D eigenvalue weighted by Gasteiger charge is -2.27. The zero-order valence-corrected chi connectivity index (χ0v) is 31.0. The summed E-state index contributed by atoms with van der Waals surface area (Å²) in [4.78, 5) is 75.0. The van der Waals surface area contributed by atoms with Crippen LogP contribution >= 0.6 is 0 Å². The lowest BCUT2D eigenvalue weighted by atomic mass is 10.0. The Balaban J connectivity index is 1.08. The van der Waals surface area contributed by atoms with E-state index in [0.29, 0.717) is 92.2 Å². The van der Waals surface area contributed by atoms with Gasteiger partial charge in [0.2, 0.25) is 17.7 Å². The molecule has 296 valence electrons. The summed E-state index contributed by atoms with van der Waals surface area (Å²) in [6.45, 7) is 11.0. The summed E-state index contributed by atoms with van der Waals surface area (Å²) in [6.07, 6.45) is 1.96. The van der Waals surface area contributed by atoms with Gasteiger partial charge in [-0.1, -0.05) is 12.5 Å². The predicted octanol–water partition coefficient (Wildman–Crippen LogP) is 2.21. The van der Waals surface area contributed by atoms with E-state index in [1.165, 1.54) is 6.07 Å². The molecule has 1 atom stereocenters. The summed E-state index contributed by atoms with van der Waals surface area (Å²) in [5.74, 6) is -2.73. The highest BCUT2D eigenvalue weighted by Crippen LogP contribution is 2.32. The predicted molar refractivity (Wildman–Crippen MR) is 189 cm³/mol. The smallest absolute Gasteiger partial charge is 0.407 e. The van der Waals surface area contributed by atoms with E-state index in [4.69, 9.17) is 33.2 Å². The van der Waals surface area contributed by atoms with Crippen LogP contribution in [-0.2, 0) is 47.5 Å². The SMILES string of the molecule is CC(C)(C)OC(=O)NCCOCCOCCOCCOCCOCCOCCCCCC(=O)Nc1cccc2c1C(=O)N(C1CCC(=O)NC1=O)C2=O. The number of amides is 6. The molecule has 1 unspecified atom stereocenters. The number of hydrogen-bond donors (Lipinski definition) is 3. The Hall–Kier alpha value is -4.00. The van der Waals surface area contributed by atoms with Gasteiger partial charge in [0.25, 0.3) is 11.8 Å². The number of fused-ring (bicyclic) bond motifs is 1. The first-order chi connectivity index (χ1) is 25.5. The highest BCUT2D eigenvalue weighted by atomic mass is 16.6. The van der Waals surface area contributed by atoms with Crippen molar-refractivity contribution in [2.45, 2.75) is 70.9 Å². The number of alkyl carbamates (subject to hydrolysis) is 1. The van der Waals surface area contributed by atoms with Crippen molar-refractivity contribution in [1.82, 2.24) is 15.5 Å². The molecule has 0 spiro atoms. The van der Waals surface area contributed by atoms with Gasteiger partial charge in [0.1, 0.15) is 11.6 Å². The number of nitrogens with one attached hydrogen (secondary N) is 3. The zero-order chi connectivity index (χ0) is 38.5. The molecule has 17 nitrogen and oxygen atoms in total. The van der Waals surface area contributed by atoms with Gasteiger partial charge in [0, 0.05) is 26.0 Å². The Morgan fingerprint density at radius 3 is 1.89 bits per heavy atom. The fraction of sp³-hybridized carbons (Fsp3) is 0.667. The Kier molecular flexibility index (Phi) is 19.3. The van der Waals surface area contributed by atoms with Gasteiger partial charge in [-0.3, -0.25) is 34.2 Å². The average Bonchev–Trinajstić information content (AvgIpc) is 3.35. The van der Waals surface area contributed by atoms with Crippen LogP contribution in [0.1, 0.15) is 80.0 Å². The fourth-order valence-corrected chi connectivity index (χ4v) is 5.24. The molecule has 2 aliphatic heterocycles. The van der Waals surface area contributed by atoms with Crippen LogP contribution in [0.25, 0.3) is 0 Å². The van der Waals surface area contributed by atoms with E-state index in [1.54, 1.807) is 32.9 Å². The van der Waals surface area contributed by atoms with Crippen molar-refractivity contribution >= 4 is 41.3 Å². The molecule has 1 saturated heterocycles. The number of ether oxygens (including phenoxy) is 7. The summed E-state index contributed by atoms with van der Waals surface area (Å²) in [5, 5.41) is 7.51. The highest BCUT2D eigenvalue weighted by molar-refractivity contribution is 6.26. The standard InChI is InChI=1S/C36H54N4O13/c1-36(2,3)53-35(46)37-13-15-48-17-19-50-21-23-52-25-24-51-22-20-49-18-16-47-14-6-4-5-10-29(41)38-27-9-7-8-26-31(27)34(45)40(33(26)44)28-11-12-30(42)39-32(28)43/h7-9,28H,4-6,10-25H2,1-3H3,(H,37,46)(H,38,41)(H,39,42,43). The molecule has 0 bridgehead atoms. The third-order valence-corrected chi connectivity index (χ3v) is 7.71. The molecular weight excluding hydrogens is 696 g/mol. The third-order valence-electron chi connectivity index (χ3n) is 7.71. The van der Waals surface area contributed by atoms with E-state index in [1.807, 2.05) is 0 Å². The largest absolute Gasteiger partial charge is 0.444 e. The minimum atomic E-state index is -1.07. The summed E-state index contributed by atoms with van der Waals surface area (Å²) in [6, 6.07) is 3.52. The number of unbranched alkanes of at least 4 members (excludes halogenated alkanes) is 2. The van der Waals surface area contributed by atoms with Crippen LogP contribution in [0, 0.1) is 0 Å². The third kappa shape index (κ3) is 16.3. The van der Waals surface area contributed by atoms with E-state index < -0.39 is 41.4 Å². The number of hydrogen-bond acceptors (Lipinski definition) is 13. The van der Waals surface area contributed by atoms with Crippen molar-refractivity contribution in [2.24, 2.45) is 0 Å². The number of benzene rings is 1. The first-order valence-electron chi connectivity index (χ1n) is 18.1. The molecule has 3 rings (SSSR count). The lowest BCUT2D eigenvalue weighted by molar-refractivity contribution is -0.136. The molecule has 1 aromatic rings. The van der Waals surface area contributed by atoms with Crippen LogP contribution in [0.5, 0.6) is 0 Å². The first kappa shape index (κ1) is 43.4. The number of anilines is 1. The number of imide groups is 2. The quantitative estimate of drug-likeness (QED) is 0.0919. The molecule has 53 heavy (non-hydrogen) atoms. The van der Waals surface area contributed by atoms with E-state index >= 15 is 0 Å². The number of carbonyl (C=O) groups excluding carboxylic acids is 6. The Morgan fingerprint density at radius 1 is 0.755 bits per heavy atom. The molecule has 0 aromatic heterocycles. The zero-order valence-electron chi connectivity index (χ0n) is 31.0. The van der Waals surface area contributed by atoms with Gasteiger partial charge in [-0.05, 0) is 52.2 Å². The normalized spacial score (nSPS) is 15.8. The van der Waals surface area contributed by atoms with E-state index in [0.717, 1.165) is 17.7 Å². The maximum absolute atomic E-state index is 13.2. The van der Waals surface area contributed by atoms with Crippen molar-refractivity contribution in [3.63, 3.8) is 0 Å².